The number of pyridine rings is 1. The van der Waals surface area contributed by atoms with E-state index in [-0.39, 0.29) is 0 Å². The molecule has 0 aliphatic heterocycles. The molecule has 36 heavy (non-hydrogen) atoms. The van der Waals surface area contributed by atoms with Crippen LogP contribution in [0.4, 0.5) is 0 Å². The lowest BCUT2D eigenvalue weighted by molar-refractivity contribution is 1.05. The fraction of sp³-hybridized carbons (Fsp3) is 0.171. The van der Waals surface area contributed by atoms with Crippen molar-refractivity contribution in [2.75, 3.05) is 0 Å². The lowest BCUT2D eigenvalue weighted by Gasteiger charge is -2.23. The van der Waals surface area contributed by atoms with Crippen LogP contribution in [0.5, 0.6) is 0 Å². The molecule has 0 N–H and O–H groups in total. The fourth-order valence-electron chi connectivity index (χ4n) is 5.55. The molecule has 0 unspecified atom stereocenters. The molecule has 0 amide bonds. The molecule has 0 aliphatic carbocycles. The van der Waals surface area contributed by atoms with Gasteiger partial charge in [0, 0.05) is 17.3 Å². The van der Waals surface area contributed by atoms with E-state index in [9.17, 15) is 0 Å². The summed E-state index contributed by atoms with van der Waals surface area (Å²) in [6.07, 6.45) is 3.12. The third-order valence-corrected chi connectivity index (χ3v) is 7.68. The molecule has 1 heterocycles. The first-order valence-corrected chi connectivity index (χ1v) is 12.8. The van der Waals surface area contributed by atoms with E-state index >= 15 is 0 Å². The zero-order valence-corrected chi connectivity index (χ0v) is 21.9. The molecule has 5 rings (SSSR count). The summed E-state index contributed by atoms with van der Waals surface area (Å²) in [6, 6.07) is 32.2. The van der Waals surface area contributed by atoms with Crippen LogP contribution < -0.4 is 0 Å². The van der Waals surface area contributed by atoms with Crippen molar-refractivity contribution < 1.29 is 0 Å². The van der Waals surface area contributed by atoms with E-state index in [1.165, 1.54) is 55.6 Å². The number of nitrogens with zero attached hydrogens (tertiary/aromatic N) is 1. The normalized spacial score (nSPS) is 11.0. The van der Waals surface area contributed by atoms with Gasteiger partial charge in [0.05, 0.1) is 5.69 Å². The largest absolute Gasteiger partial charge is 0.256 e. The zero-order valence-electron chi connectivity index (χ0n) is 21.9. The van der Waals surface area contributed by atoms with Crippen LogP contribution in [-0.2, 0) is 6.42 Å². The lowest BCUT2D eigenvalue weighted by atomic mass is 9.82. The van der Waals surface area contributed by atoms with Crippen molar-refractivity contribution in [2.45, 2.75) is 41.0 Å². The van der Waals surface area contributed by atoms with Crippen molar-refractivity contribution in [3.8, 4) is 44.6 Å². The minimum Gasteiger partial charge on any atom is -0.256 e. The van der Waals surface area contributed by atoms with Crippen molar-refractivity contribution in [3.63, 3.8) is 0 Å². The predicted octanol–water partition coefficient (Wildman–Crippen LogP) is 9.55. The molecule has 0 aliphatic rings. The number of aromatic nitrogens is 1. The molecule has 0 fully saturated rings. The monoisotopic (exact) mass is 467 g/mol. The highest BCUT2D eigenvalue weighted by atomic mass is 14.7. The molecular formula is C35H33N. The summed E-state index contributed by atoms with van der Waals surface area (Å²) in [4.78, 5) is 4.95. The first kappa shape index (κ1) is 23.8. The minimum absolute atomic E-state index is 0.988. The Morgan fingerprint density at radius 3 is 1.64 bits per heavy atom. The van der Waals surface area contributed by atoms with Crippen LogP contribution >= 0.6 is 0 Å². The standard InChI is InChI=1S/C35H33N/c1-6-29-23(2)25(4)35(26(5)24(29)3)31-20-14-13-19-30(31)33-22-36-34(28-17-11-8-12-18-28)21-32(33)27-15-9-7-10-16-27/h7-22H,6H2,1-5H3. The van der Waals surface area contributed by atoms with E-state index in [1.54, 1.807) is 0 Å². The highest BCUT2D eigenvalue weighted by Gasteiger charge is 2.20. The Morgan fingerprint density at radius 2 is 1.06 bits per heavy atom. The van der Waals surface area contributed by atoms with Crippen LogP contribution in [0.15, 0.2) is 97.2 Å². The Kier molecular flexibility index (Phi) is 6.57. The zero-order chi connectivity index (χ0) is 25.2. The molecule has 0 saturated carbocycles. The quantitative estimate of drug-likeness (QED) is 0.251. The number of rotatable bonds is 5. The van der Waals surface area contributed by atoms with Crippen LogP contribution in [0.3, 0.4) is 0 Å². The van der Waals surface area contributed by atoms with Gasteiger partial charge in [0.15, 0.2) is 0 Å². The summed E-state index contributed by atoms with van der Waals surface area (Å²) in [5.41, 5.74) is 16.6. The first-order chi connectivity index (χ1) is 17.5. The predicted molar refractivity (Wildman–Crippen MR) is 154 cm³/mol. The number of benzene rings is 4. The van der Waals surface area contributed by atoms with Gasteiger partial charge >= 0.3 is 0 Å². The summed E-state index contributed by atoms with van der Waals surface area (Å²) in [7, 11) is 0. The fourth-order valence-corrected chi connectivity index (χ4v) is 5.55. The van der Waals surface area contributed by atoms with Gasteiger partial charge in [0.25, 0.3) is 0 Å². The van der Waals surface area contributed by atoms with Crippen molar-refractivity contribution in [1.82, 2.24) is 4.98 Å². The minimum atomic E-state index is 0.988. The maximum atomic E-state index is 4.95. The van der Waals surface area contributed by atoms with Crippen LogP contribution in [0.25, 0.3) is 44.6 Å². The summed E-state index contributed by atoms with van der Waals surface area (Å²) in [6.45, 7) is 11.4. The molecule has 4 aromatic carbocycles. The molecule has 1 aromatic heterocycles. The first-order valence-electron chi connectivity index (χ1n) is 12.8. The molecule has 0 radical (unpaired) electrons. The topological polar surface area (TPSA) is 12.9 Å². The van der Waals surface area contributed by atoms with Crippen LogP contribution in [-0.4, -0.2) is 4.98 Å². The van der Waals surface area contributed by atoms with Gasteiger partial charge in [0.2, 0.25) is 0 Å². The third-order valence-electron chi connectivity index (χ3n) is 7.68. The Labute approximate surface area is 215 Å². The highest BCUT2D eigenvalue weighted by molar-refractivity contribution is 5.94. The molecule has 5 aromatic rings. The van der Waals surface area contributed by atoms with Crippen molar-refractivity contribution in [2.24, 2.45) is 0 Å². The van der Waals surface area contributed by atoms with E-state index in [1.807, 2.05) is 6.07 Å². The second-order valence-corrected chi connectivity index (χ2v) is 9.60. The molecule has 178 valence electrons. The SMILES string of the molecule is CCc1c(C)c(C)c(-c2ccccc2-c2cnc(-c3ccccc3)cc2-c2ccccc2)c(C)c1C. The van der Waals surface area contributed by atoms with Gasteiger partial charge in [-0.1, -0.05) is 91.9 Å². The summed E-state index contributed by atoms with van der Waals surface area (Å²) in [5, 5.41) is 0. The second kappa shape index (κ2) is 9.95. The van der Waals surface area contributed by atoms with Gasteiger partial charge in [-0.15, -0.1) is 0 Å². The Bertz CT molecular complexity index is 1500. The summed E-state index contributed by atoms with van der Waals surface area (Å²) in [5.74, 6) is 0. The summed E-state index contributed by atoms with van der Waals surface area (Å²) < 4.78 is 0. The van der Waals surface area contributed by atoms with Crippen molar-refractivity contribution >= 4 is 0 Å². The Hall–Kier alpha value is -3.97. The molecule has 1 heteroatoms. The van der Waals surface area contributed by atoms with Crippen molar-refractivity contribution in [1.29, 1.82) is 0 Å². The molecule has 0 bridgehead atoms. The van der Waals surface area contributed by atoms with Crippen molar-refractivity contribution in [3.05, 3.63) is 125 Å². The third kappa shape index (κ3) is 4.16. The van der Waals surface area contributed by atoms with Gasteiger partial charge in [0.1, 0.15) is 0 Å². The molecule has 0 spiro atoms. The van der Waals surface area contributed by atoms with Gasteiger partial charge in [-0.05, 0) is 95.8 Å². The van der Waals surface area contributed by atoms with Gasteiger partial charge in [-0.25, -0.2) is 0 Å². The highest BCUT2D eigenvalue weighted by Crippen LogP contribution is 2.42. The average molecular weight is 468 g/mol. The van der Waals surface area contributed by atoms with E-state index in [2.05, 4.69) is 126 Å². The number of hydrogen-bond acceptors (Lipinski definition) is 1. The number of hydrogen-bond donors (Lipinski definition) is 0. The summed E-state index contributed by atoms with van der Waals surface area (Å²) >= 11 is 0. The molecule has 0 saturated heterocycles. The molecular weight excluding hydrogens is 434 g/mol. The van der Waals surface area contributed by atoms with E-state index < -0.39 is 0 Å². The van der Waals surface area contributed by atoms with E-state index in [0.29, 0.717) is 0 Å². The molecule has 0 atom stereocenters. The van der Waals surface area contributed by atoms with Crippen LogP contribution in [0, 0.1) is 27.7 Å². The van der Waals surface area contributed by atoms with Crippen LogP contribution in [0.1, 0.15) is 34.7 Å². The van der Waals surface area contributed by atoms with Crippen LogP contribution in [0.2, 0.25) is 0 Å². The van der Waals surface area contributed by atoms with Gasteiger partial charge < -0.3 is 0 Å². The van der Waals surface area contributed by atoms with Gasteiger partial charge in [-0.3, -0.25) is 4.98 Å². The maximum Gasteiger partial charge on any atom is 0.0708 e. The van der Waals surface area contributed by atoms with E-state index in [0.717, 1.165) is 23.2 Å². The molecule has 1 nitrogen and oxygen atoms in total. The second-order valence-electron chi connectivity index (χ2n) is 9.60. The smallest absolute Gasteiger partial charge is 0.0708 e. The van der Waals surface area contributed by atoms with E-state index in [4.69, 9.17) is 4.98 Å². The Balaban J connectivity index is 1.79. The van der Waals surface area contributed by atoms with Gasteiger partial charge in [-0.2, -0.15) is 0 Å². The lowest BCUT2D eigenvalue weighted by Crippen LogP contribution is -2.03. The maximum absolute atomic E-state index is 4.95. The Morgan fingerprint density at radius 1 is 0.528 bits per heavy atom. The average Bonchev–Trinajstić information content (AvgIpc) is 2.93.